The lowest BCUT2D eigenvalue weighted by Gasteiger charge is -2.15. The van der Waals surface area contributed by atoms with Crippen molar-refractivity contribution in [2.24, 2.45) is 0 Å². The molecule has 0 aliphatic carbocycles. The minimum absolute atomic E-state index is 0.300. The summed E-state index contributed by atoms with van der Waals surface area (Å²) in [7, 11) is 0. The second kappa shape index (κ2) is 4.11. The van der Waals surface area contributed by atoms with Gasteiger partial charge in [-0.15, -0.1) is 0 Å². The topological polar surface area (TPSA) is 80.9 Å². The van der Waals surface area contributed by atoms with Gasteiger partial charge in [0, 0.05) is 10.8 Å². The van der Waals surface area contributed by atoms with E-state index in [1.165, 1.54) is 0 Å². The van der Waals surface area contributed by atoms with Gasteiger partial charge in [-0.2, -0.15) is 0 Å². The summed E-state index contributed by atoms with van der Waals surface area (Å²) in [6, 6.07) is 15.5. The Bertz CT molecular complexity index is 1270. The third kappa shape index (κ3) is 1.38. The van der Waals surface area contributed by atoms with Crippen molar-refractivity contribution in [3.05, 3.63) is 48.5 Å². The van der Waals surface area contributed by atoms with Crippen molar-refractivity contribution in [3.63, 3.8) is 0 Å². The molecule has 0 spiro atoms. The van der Waals surface area contributed by atoms with Gasteiger partial charge < -0.3 is 20.4 Å². The summed E-state index contributed by atoms with van der Waals surface area (Å²) in [5.74, 6) is -2.30. The Labute approximate surface area is 135 Å². The molecule has 0 radical (unpaired) electrons. The first kappa shape index (κ1) is 13.1. The zero-order valence-corrected chi connectivity index (χ0v) is 12.4. The normalized spacial score (nSPS) is 12.0. The number of benzene rings is 5. The highest BCUT2D eigenvalue weighted by Gasteiger charge is 2.21. The maximum Gasteiger partial charge on any atom is 0.204 e. The van der Waals surface area contributed by atoms with Crippen LogP contribution in [0.5, 0.6) is 23.0 Å². The SMILES string of the molecule is Oc1c(O)c(O)c2c(cc3ccc4cccc5ccc2c3c45)c1O. The van der Waals surface area contributed by atoms with Gasteiger partial charge in [0.05, 0.1) is 0 Å². The molecule has 0 fully saturated rings. The second-order valence-corrected chi connectivity index (χ2v) is 6.05. The number of fused-ring (bicyclic) bond motifs is 2. The van der Waals surface area contributed by atoms with Crippen molar-refractivity contribution >= 4 is 43.1 Å². The predicted molar refractivity (Wildman–Crippen MR) is 94.3 cm³/mol. The average molecular weight is 316 g/mol. The average Bonchev–Trinajstić information content (AvgIpc) is 2.62. The third-order valence-corrected chi connectivity index (χ3v) is 4.81. The zero-order chi connectivity index (χ0) is 16.6. The number of phenolic OH excluding ortho intramolecular Hbond substituents is 4. The Hall–Kier alpha value is -3.40. The molecule has 4 N–H and O–H groups in total. The Balaban J connectivity index is 2.20. The van der Waals surface area contributed by atoms with Crippen LogP contribution >= 0.6 is 0 Å². The van der Waals surface area contributed by atoms with E-state index < -0.39 is 23.0 Å². The summed E-state index contributed by atoms with van der Waals surface area (Å²) in [5.41, 5.74) is 0. The van der Waals surface area contributed by atoms with Gasteiger partial charge in [-0.05, 0) is 38.4 Å². The molecule has 4 heteroatoms. The Kier molecular flexibility index (Phi) is 2.24. The van der Waals surface area contributed by atoms with Crippen LogP contribution in [0.4, 0.5) is 0 Å². The molecule has 0 saturated carbocycles. The molecule has 116 valence electrons. The molecule has 0 unspecified atom stereocenters. The van der Waals surface area contributed by atoms with Crippen molar-refractivity contribution in [2.75, 3.05) is 0 Å². The van der Waals surface area contributed by atoms with E-state index in [4.69, 9.17) is 0 Å². The van der Waals surface area contributed by atoms with Crippen molar-refractivity contribution in [1.29, 1.82) is 0 Å². The number of hydrogen-bond acceptors (Lipinski definition) is 4. The second-order valence-electron chi connectivity index (χ2n) is 6.05. The Morgan fingerprint density at radius 3 is 1.83 bits per heavy atom. The number of hydrogen-bond donors (Lipinski definition) is 4. The highest BCUT2D eigenvalue weighted by Crippen LogP contribution is 2.52. The van der Waals surface area contributed by atoms with Gasteiger partial charge >= 0.3 is 0 Å². The van der Waals surface area contributed by atoms with Gasteiger partial charge in [-0.25, -0.2) is 0 Å². The molecule has 5 aromatic rings. The maximum atomic E-state index is 10.4. The lowest BCUT2D eigenvalue weighted by molar-refractivity contribution is 0.351. The lowest BCUT2D eigenvalue weighted by atomic mass is 9.90. The predicted octanol–water partition coefficient (Wildman–Crippen LogP) is 4.56. The van der Waals surface area contributed by atoms with E-state index in [2.05, 4.69) is 0 Å². The van der Waals surface area contributed by atoms with Gasteiger partial charge in [-0.1, -0.05) is 42.5 Å². The van der Waals surface area contributed by atoms with Crippen LogP contribution < -0.4 is 0 Å². The van der Waals surface area contributed by atoms with Crippen LogP contribution in [0.15, 0.2) is 48.5 Å². The van der Waals surface area contributed by atoms with Crippen molar-refractivity contribution < 1.29 is 20.4 Å². The fourth-order valence-electron chi connectivity index (χ4n) is 3.72. The molecule has 5 rings (SSSR count). The first-order valence-corrected chi connectivity index (χ1v) is 7.54. The molecule has 5 aromatic carbocycles. The van der Waals surface area contributed by atoms with Gasteiger partial charge in [0.25, 0.3) is 0 Å². The van der Waals surface area contributed by atoms with Gasteiger partial charge in [-0.3, -0.25) is 0 Å². The van der Waals surface area contributed by atoms with Crippen LogP contribution in [0, 0.1) is 0 Å². The van der Waals surface area contributed by atoms with E-state index in [9.17, 15) is 20.4 Å². The summed E-state index contributed by atoms with van der Waals surface area (Å²) < 4.78 is 0. The zero-order valence-electron chi connectivity index (χ0n) is 12.4. The number of aromatic hydroxyl groups is 4. The Morgan fingerprint density at radius 2 is 1.08 bits per heavy atom. The smallest absolute Gasteiger partial charge is 0.204 e. The molecule has 24 heavy (non-hydrogen) atoms. The van der Waals surface area contributed by atoms with E-state index in [0.29, 0.717) is 10.8 Å². The van der Waals surface area contributed by atoms with Crippen LogP contribution in [-0.4, -0.2) is 20.4 Å². The first-order valence-electron chi connectivity index (χ1n) is 7.54. The van der Waals surface area contributed by atoms with Crippen molar-refractivity contribution in [1.82, 2.24) is 0 Å². The maximum absolute atomic E-state index is 10.4. The van der Waals surface area contributed by atoms with E-state index in [0.717, 1.165) is 32.3 Å². The monoisotopic (exact) mass is 316 g/mol. The third-order valence-electron chi connectivity index (χ3n) is 4.81. The first-order chi connectivity index (χ1) is 11.6. The van der Waals surface area contributed by atoms with Crippen LogP contribution in [0.1, 0.15) is 0 Å². The molecule has 4 nitrogen and oxygen atoms in total. The summed E-state index contributed by atoms with van der Waals surface area (Å²) in [6.45, 7) is 0. The van der Waals surface area contributed by atoms with E-state index >= 15 is 0 Å². The minimum atomic E-state index is -0.715. The van der Waals surface area contributed by atoms with E-state index in [1.807, 2.05) is 42.5 Å². The lowest BCUT2D eigenvalue weighted by Crippen LogP contribution is -1.87. The molecule has 0 atom stereocenters. The molecule has 0 heterocycles. The number of phenols is 4. The van der Waals surface area contributed by atoms with Gasteiger partial charge in [0.2, 0.25) is 11.5 Å². The summed E-state index contributed by atoms with van der Waals surface area (Å²) in [5, 5.41) is 46.8. The number of rotatable bonds is 0. The highest BCUT2D eigenvalue weighted by molar-refractivity contribution is 6.30. The van der Waals surface area contributed by atoms with Crippen LogP contribution in [0.3, 0.4) is 0 Å². The van der Waals surface area contributed by atoms with E-state index in [-0.39, 0.29) is 0 Å². The molecular formula is C20H12O4. The highest BCUT2D eigenvalue weighted by atomic mass is 16.3. The Morgan fingerprint density at radius 1 is 0.458 bits per heavy atom. The van der Waals surface area contributed by atoms with Crippen molar-refractivity contribution in [2.45, 2.75) is 0 Å². The van der Waals surface area contributed by atoms with Crippen LogP contribution in [0.2, 0.25) is 0 Å². The fourth-order valence-corrected chi connectivity index (χ4v) is 3.72. The van der Waals surface area contributed by atoms with Crippen molar-refractivity contribution in [3.8, 4) is 23.0 Å². The summed E-state index contributed by atoms with van der Waals surface area (Å²) >= 11 is 0. The largest absolute Gasteiger partial charge is 0.504 e. The fraction of sp³-hybridized carbons (Fsp3) is 0. The minimum Gasteiger partial charge on any atom is -0.504 e. The molecule has 0 saturated heterocycles. The molecular weight excluding hydrogens is 304 g/mol. The van der Waals surface area contributed by atoms with E-state index in [1.54, 1.807) is 6.07 Å². The van der Waals surface area contributed by atoms with Crippen LogP contribution in [-0.2, 0) is 0 Å². The molecule has 0 aliphatic rings. The summed E-state index contributed by atoms with van der Waals surface area (Å²) in [4.78, 5) is 0. The van der Waals surface area contributed by atoms with Gasteiger partial charge in [0.15, 0.2) is 11.5 Å². The quantitative estimate of drug-likeness (QED) is 0.146. The standard InChI is InChI=1S/C20H12O4/c21-17-13-8-11-5-4-9-2-1-3-10-6-7-12(15(11)14(9)10)16(13)18(22)20(24)19(17)23/h1-8,21-24H. The van der Waals surface area contributed by atoms with Gasteiger partial charge in [0.1, 0.15) is 0 Å². The molecule has 0 aliphatic heterocycles. The molecule has 0 bridgehead atoms. The molecule has 0 aromatic heterocycles. The summed E-state index contributed by atoms with van der Waals surface area (Å²) in [6.07, 6.45) is 0. The molecule has 0 amide bonds. The van der Waals surface area contributed by atoms with Crippen LogP contribution in [0.25, 0.3) is 43.1 Å².